The van der Waals surface area contributed by atoms with Gasteiger partial charge in [0.25, 0.3) is 0 Å². The number of alkyl halides is 1. The number of halogens is 2. The van der Waals surface area contributed by atoms with Crippen molar-refractivity contribution in [1.29, 1.82) is 0 Å². The summed E-state index contributed by atoms with van der Waals surface area (Å²) in [6.07, 6.45) is 0.860. The minimum atomic E-state index is 0.167. The maximum Gasteiger partial charge on any atom is 0.0438 e. The Bertz CT molecular complexity index is 407. The summed E-state index contributed by atoms with van der Waals surface area (Å²) in [5, 5.41) is 0.995. The molecule has 0 spiro atoms. The Labute approximate surface area is 114 Å². The van der Waals surface area contributed by atoms with E-state index in [4.69, 9.17) is 23.2 Å². The molecule has 0 aliphatic heterocycles. The highest BCUT2D eigenvalue weighted by Gasteiger charge is 2.66. The summed E-state index contributed by atoms with van der Waals surface area (Å²) in [6, 6.07) is 7.98. The van der Waals surface area contributed by atoms with E-state index in [9.17, 15) is 0 Å². The number of rotatable bonds is 3. The quantitative estimate of drug-likeness (QED) is 0.665. The molecular formula is C15H20Cl2. The minimum Gasteiger partial charge on any atom is -0.122 e. The lowest BCUT2D eigenvalue weighted by Crippen LogP contribution is -2.11. The predicted octanol–water partition coefficient (Wildman–Crippen LogP) is 5.17. The second kappa shape index (κ2) is 4.17. The molecule has 0 nitrogen and oxygen atoms in total. The van der Waals surface area contributed by atoms with E-state index >= 15 is 0 Å². The summed E-state index contributed by atoms with van der Waals surface area (Å²) in [5.41, 5.74) is 1.83. The summed E-state index contributed by atoms with van der Waals surface area (Å²) in [4.78, 5) is 0. The van der Waals surface area contributed by atoms with Crippen LogP contribution in [0.3, 0.4) is 0 Å². The van der Waals surface area contributed by atoms with Crippen LogP contribution in [0.1, 0.15) is 33.3 Å². The topological polar surface area (TPSA) is 0 Å². The molecule has 0 heterocycles. The molecule has 17 heavy (non-hydrogen) atoms. The van der Waals surface area contributed by atoms with Crippen LogP contribution in [0.4, 0.5) is 0 Å². The molecule has 0 saturated heterocycles. The third kappa shape index (κ3) is 2.11. The Kier molecular flexibility index (Phi) is 3.25. The van der Waals surface area contributed by atoms with Gasteiger partial charge in [-0.05, 0) is 34.8 Å². The fourth-order valence-corrected chi connectivity index (χ4v) is 4.15. The molecule has 0 aromatic heterocycles. The van der Waals surface area contributed by atoms with Gasteiger partial charge < -0.3 is 0 Å². The molecule has 1 aromatic rings. The summed E-state index contributed by atoms with van der Waals surface area (Å²) in [7, 11) is 0. The van der Waals surface area contributed by atoms with Crippen molar-refractivity contribution < 1.29 is 0 Å². The largest absolute Gasteiger partial charge is 0.122 e. The normalized spacial score (nSPS) is 23.4. The van der Waals surface area contributed by atoms with Crippen molar-refractivity contribution in [2.45, 2.75) is 39.5 Å². The minimum absolute atomic E-state index is 0.167. The average Bonchev–Trinajstić information content (AvgIpc) is 2.61. The number of hydrogen-bond acceptors (Lipinski definition) is 0. The standard InChI is InChI=1S/C15H20Cl2/c1-14(2)13(15(14,3)4)12(17)9-10-7-5-6-8-11(10)16/h5-8,12-13H,9H2,1-4H3. The molecule has 1 unspecified atom stereocenters. The molecule has 2 heteroatoms. The van der Waals surface area contributed by atoms with E-state index in [1.807, 2.05) is 18.2 Å². The molecule has 94 valence electrons. The van der Waals surface area contributed by atoms with E-state index in [2.05, 4.69) is 33.8 Å². The zero-order valence-corrected chi connectivity index (χ0v) is 12.4. The van der Waals surface area contributed by atoms with Crippen molar-refractivity contribution in [2.24, 2.45) is 16.7 Å². The van der Waals surface area contributed by atoms with E-state index in [0.29, 0.717) is 16.7 Å². The Balaban J connectivity index is 2.10. The van der Waals surface area contributed by atoms with Gasteiger partial charge in [0, 0.05) is 10.4 Å². The summed E-state index contributed by atoms with van der Waals surface area (Å²) < 4.78 is 0. The second-order valence-electron chi connectivity index (χ2n) is 6.23. The average molecular weight is 271 g/mol. The zero-order chi connectivity index (χ0) is 12.8. The van der Waals surface area contributed by atoms with Gasteiger partial charge >= 0.3 is 0 Å². The predicted molar refractivity (Wildman–Crippen MR) is 75.8 cm³/mol. The van der Waals surface area contributed by atoms with Crippen LogP contribution in [0.5, 0.6) is 0 Å². The zero-order valence-electron chi connectivity index (χ0n) is 10.9. The smallest absolute Gasteiger partial charge is 0.0438 e. The van der Waals surface area contributed by atoms with Crippen LogP contribution in [-0.4, -0.2) is 5.38 Å². The fourth-order valence-electron chi connectivity index (χ4n) is 3.14. The summed E-state index contributed by atoms with van der Waals surface area (Å²) >= 11 is 12.8. The first kappa shape index (κ1) is 13.2. The van der Waals surface area contributed by atoms with Gasteiger partial charge in [-0.15, -0.1) is 11.6 Å². The third-order valence-corrected chi connectivity index (χ3v) is 5.64. The van der Waals surface area contributed by atoms with E-state index < -0.39 is 0 Å². The number of hydrogen-bond donors (Lipinski definition) is 0. The lowest BCUT2D eigenvalue weighted by atomic mass is 10.0. The maximum absolute atomic E-state index is 6.60. The van der Waals surface area contributed by atoms with E-state index in [1.165, 1.54) is 0 Å². The van der Waals surface area contributed by atoms with Crippen molar-refractivity contribution in [3.63, 3.8) is 0 Å². The van der Waals surface area contributed by atoms with Crippen LogP contribution < -0.4 is 0 Å². The summed E-state index contributed by atoms with van der Waals surface area (Å²) in [6.45, 7) is 9.22. The van der Waals surface area contributed by atoms with E-state index in [-0.39, 0.29) is 5.38 Å². The van der Waals surface area contributed by atoms with Gasteiger partial charge in [-0.3, -0.25) is 0 Å². The van der Waals surface area contributed by atoms with Gasteiger partial charge in [-0.1, -0.05) is 57.5 Å². The first-order chi connectivity index (χ1) is 7.78. The monoisotopic (exact) mass is 270 g/mol. The molecule has 1 saturated carbocycles. The van der Waals surface area contributed by atoms with Crippen molar-refractivity contribution in [3.8, 4) is 0 Å². The highest BCUT2D eigenvalue weighted by Crippen LogP contribution is 2.70. The highest BCUT2D eigenvalue weighted by molar-refractivity contribution is 6.31. The Hall–Kier alpha value is -0.200. The van der Waals surface area contributed by atoms with Gasteiger partial charge in [0.05, 0.1) is 0 Å². The van der Waals surface area contributed by atoms with Gasteiger partial charge in [0.2, 0.25) is 0 Å². The molecule has 1 atom stereocenters. The SMILES string of the molecule is CC1(C)C(C(Cl)Cc2ccccc2Cl)C1(C)C. The lowest BCUT2D eigenvalue weighted by molar-refractivity contribution is 0.457. The number of benzene rings is 1. The van der Waals surface area contributed by atoms with Crippen LogP contribution >= 0.6 is 23.2 Å². The summed E-state index contributed by atoms with van der Waals surface area (Å²) in [5.74, 6) is 0.563. The Morgan fingerprint density at radius 3 is 2.12 bits per heavy atom. The van der Waals surface area contributed by atoms with Crippen LogP contribution in [0, 0.1) is 16.7 Å². The van der Waals surface area contributed by atoms with Crippen LogP contribution in [-0.2, 0) is 6.42 Å². The van der Waals surface area contributed by atoms with Gasteiger partial charge in [-0.25, -0.2) is 0 Å². The fraction of sp³-hybridized carbons (Fsp3) is 0.600. The first-order valence-corrected chi connectivity index (χ1v) is 6.97. The molecule has 1 aliphatic rings. The molecule has 1 fully saturated rings. The van der Waals surface area contributed by atoms with Crippen LogP contribution in [0.25, 0.3) is 0 Å². The van der Waals surface area contributed by atoms with Crippen LogP contribution in [0.2, 0.25) is 5.02 Å². The van der Waals surface area contributed by atoms with Gasteiger partial charge in [-0.2, -0.15) is 0 Å². The Morgan fingerprint density at radius 1 is 1.12 bits per heavy atom. The van der Waals surface area contributed by atoms with Crippen molar-refractivity contribution in [2.75, 3.05) is 0 Å². The van der Waals surface area contributed by atoms with Crippen LogP contribution in [0.15, 0.2) is 24.3 Å². The van der Waals surface area contributed by atoms with Crippen molar-refractivity contribution >= 4 is 23.2 Å². The molecule has 0 N–H and O–H groups in total. The molecule has 2 rings (SSSR count). The van der Waals surface area contributed by atoms with E-state index in [1.54, 1.807) is 0 Å². The molecule has 0 bridgehead atoms. The van der Waals surface area contributed by atoms with E-state index in [0.717, 1.165) is 17.0 Å². The molecule has 0 amide bonds. The lowest BCUT2D eigenvalue weighted by Gasteiger charge is -2.12. The van der Waals surface area contributed by atoms with Gasteiger partial charge in [0.15, 0.2) is 0 Å². The van der Waals surface area contributed by atoms with Crippen molar-refractivity contribution in [3.05, 3.63) is 34.9 Å². The molecule has 1 aliphatic carbocycles. The molecular weight excluding hydrogens is 251 g/mol. The first-order valence-electron chi connectivity index (χ1n) is 6.16. The Morgan fingerprint density at radius 2 is 1.65 bits per heavy atom. The third-order valence-electron chi connectivity index (χ3n) is 4.87. The highest BCUT2D eigenvalue weighted by atomic mass is 35.5. The molecule has 1 aromatic carbocycles. The maximum atomic E-state index is 6.60. The molecule has 0 radical (unpaired) electrons. The van der Waals surface area contributed by atoms with Crippen molar-refractivity contribution in [1.82, 2.24) is 0 Å². The second-order valence-corrected chi connectivity index (χ2v) is 7.20. The van der Waals surface area contributed by atoms with Gasteiger partial charge in [0.1, 0.15) is 0 Å².